The SMILES string of the molecule is CCC(SCCC(=O)O)SCCC(=O)O. The van der Waals surface area contributed by atoms with Crippen LogP contribution in [0.5, 0.6) is 0 Å². The Hall–Kier alpha value is -0.360. The van der Waals surface area contributed by atoms with Crippen molar-refractivity contribution in [2.24, 2.45) is 0 Å². The Morgan fingerprint density at radius 1 is 1.07 bits per heavy atom. The lowest BCUT2D eigenvalue weighted by Gasteiger charge is -2.12. The van der Waals surface area contributed by atoms with Gasteiger partial charge < -0.3 is 10.2 Å². The summed E-state index contributed by atoms with van der Waals surface area (Å²) in [5.41, 5.74) is 0. The van der Waals surface area contributed by atoms with E-state index >= 15 is 0 Å². The molecule has 0 aliphatic heterocycles. The van der Waals surface area contributed by atoms with Crippen LogP contribution in [0.15, 0.2) is 0 Å². The molecular weight excluding hydrogens is 236 g/mol. The molecule has 0 unspecified atom stereocenters. The summed E-state index contributed by atoms with van der Waals surface area (Å²) in [4.78, 5) is 20.5. The number of carboxylic acid groups (broad SMARTS) is 2. The first kappa shape index (κ1) is 14.6. The van der Waals surface area contributed by atoms with Crippen LogP contribution < -0.4 is 0 Å². The van der Waals surface area contributed by atoms with Gasteiger partial charge in [0.1, 0.15) is 0 Å². The normalized spacial score (nSPS) is 10.5. The number of carboxylic acids is 2. The highest BCUT2D eigenvalue weighted by Crippen LogP contribution is 2.27. The largest absolute Gasteiger partial charge is 0.481 e. The molecule has 88 valence electrons. The lowest BCUT2D eigenvalue weighted by atomic mass is 10.5. The molecule has 2 N–H and O–H groups in total. The van der Waals surface area contributed by atoms with Crippen molar-refractivity contribution < 1.29 is 19.8 Å². The maximum Gasteiger partial charge on any atom is 0.304 e. The van der Waals surface area contributed by atoms with Crippen molar-refractivity contribution in [3.8, 4) is 0 Å². The molecule has 4 nitrogen and oxygen atoms in total. The molecule has 0 aliphatic carbocycles. The quantitative estimate of drug-likeness (QED) is 0.612. The summed E-state index contributed by atoms with van der Waals surface area (Å²) < 4.78 is 0.309. The second-order valence-corrected chi connectivity index (χ2v) is 5.79. The van der Waals surface area contributed by atoms with Crippen LogP contribution in [0.1, 0.15) is 26.2 Å². The molecule has 0 bridgehead atoms. The van der Waals surface area contributed by atoms with Gasteiger partial charge in [-0.05, 0) is 6.42 Å². The standard InChI is InChI=1S/C9H16O4S2/c1-2-9(14-5-3-7(10)11)15-6-4-8(12)13/h9H,2-6H2,1H3,(H,10,11)(H,12,13). The summed E-state index contributed by atoms with van der Waals surface area (Å²) in [7, 11) is 0. The molecule has 15 heavy (non-hydrogen) atoms. The zero-order chi connectivity index (χ0) is 11.7. The Morgan fingerprint density at radius 3 is 1.73 bits per heavy atom. The molecule has 0 aromatic carbocycles. The van der Waals surface area contributed by atoms with E-state index in [0.717, 1.165) is 6.42 Å². The third-order valence-corrected chi connectivity index (χ3v) is 4.68. The van der Waals surface area contributed by atoms with Gasteiger partial charge in [-0.15, -0.1) is 23.5 Å². The van der Waals surface area contributed by atoms with Crippen LogP contribution in [-0.4, -0.2) is 38.2 Å². The maximum atomic E-state index is 10.3. The molecule has 0 saturated carbocycles. The van der Waals surface area contributed by atoms with E-state index in [2.05, 4.69) is 0 Å². The molecule has 6 heteroatoms. The second-order valence-electron chi connectivity index (χ2n) is 2.87. The predicted octanol–water partition coefficient (Wildman–Crippen LogP) is 2.14. The number of hydrogen-bond donors (Lipinski definition) is 2. The van der Waals surface area contributed by atoms with Gasteiger partial charge in [-0.2, -0.15) is 0 Å². The Bertz CT molecular complexity index is 188. The molecule has 0 aliphatic rings. The molecular formula is C9H16O4S2. The van der Waals surface area contributed by atoms with E-state index in [1.807, 2.05) is 6.92 Å². The molecule has 0 radical (unpaired) electrons. The minimum Gasteiger partial charge on any atom is -0.481 e. The minimum atomic E-state index is -0.784. The van der Waals surface area contributed by atoms with Crippen molar-refractivity contribution in [2.45, 2.75) is 30.8 Å². The third kappa shape index (κ3) is 9.93. The van der Waals surface area contributed by atoms with E-state index in [9.17, 15) is 9.59 Å². The van der Waals surface area contributed by atoms with Crippen molar-refractivity contribution in [3.63, 3.8) is 0 Å². The van der Waals surface area contributed by atoms with Crippen LogP contribution in [0, 0.1) is 0 Å². The number of carbonyl (C=O) groups is 2. The average Bonchev–Trinajstić information content (AvgIpc) is 2.14. The van der Waals surface area contributed by atoms with Crippen molar-refractivity contribution in [2.75, 3.05) is 11.5 Å². The van der Waals surface area contributed by atoms with Gasteiger partial charge in [-0.25, -0.2) is 0 Å². The number of hydrogen-bond acceptors (Lipinski definition) is 4. The second kappa shape index (κ2) is 8.91. The van der Waals surface area contributed by atoms with E-state index in [4.69, 9.17) is 10.2 Å². The number of rotatable bonds is 9. The molecule has 0 amide bonds. The Morgan fingerprint density at radius 2 is 1.47 bits per heavy atom. The van der Waals surface area contributed by atoms with Crippen LogP contribution >= 0.6 is 23.5 Å². The van der Waals surface area contributed by atoms with E-state index in [-0.39, 0.29) is 12.8 Å². The van der Waals surface area contributed by atoms with Crippen LogP contribution in [0.4, 0.5) is 0 Å². The van der Waals surface area contributed by atoms with Gasteiger partial charge in [0.25, 0.3) is 0 Å². The molecule has 0 fully saturated rings. The van der Waals surface area contributed by atoms with Gasteiger partial charge in [0, 0.05) is 16.1 Å². The fourth-order valence-electron chi connectivity index (χ4n) is 0.839. The van der Waals surface area contributed by atoms with Crippen LogP contribution in [0.25, 0.3) is 0 Å². The Labute approximate surface area is 97.8 Å². The molecule has 0 aromatic rings. The summed E-state index contributed by atoms with van der Waals surface area (Å²) >= 11 is 3.18. The molecule has 0 atom stereocenters. The summed E-state index contributed by atoms with van der Waals surface area (Å²) in [6.07, 6.45) is 1.26. The Balaban J connectivity index is 3.54. The smallest absolute Gasteiger partial charge is 0.304 e. The predicted molar refractivity (Wildman–Crippen MR) is 63.5 cm³/mol. The molecule has 0 spiro atoms. The summed E-state index contributed by atoms with van der Waals surface area (Å²) in [6, 6.07) is 0. The first-order valence-corrected chi connectivity index (χ1v) is 6.82. The average molecular weight is 252 g/mol. The van der Waals surface area contributed by atoms with E-state index in [1.54, 1.807) is 23.5 Å². The van der Waals surface area contributed by atoms with E-state index in [0.29, 0.717) is 16.1 Å². The van der Waals surface area contributed by atoms with Crippen LogP contribution in [0.3, 0.4) is 0 Å². The zero-order valence-electron chi connectivity index (χ0n) is 8.64. The van der Waals surface area contributed by atoms with Gasteiger partial charge in [-0.3, -0.25) is 9.59 Å². The highest BCUT2D eigenvalue weighted by Gasteiger charge is 2.09. The van der Waals surface area contributed by atoms with Gasteiger partial charge in [-0.1, -0.05) is 6.92 Å². The minimum absolute atomic E-state index is 0.167. The lowest BCUT2D eigenvalue weighted by molar-refractivity contribution is -0.137. The molecule has 0 aromatic heterocycles. The summed E-state index contributed by atoms with van der Waals surface area (Å²) in [6.45, 7) is 2.02. The zero-order valence-corrected chi connectivity index (χ0v) is 10.3. The first-order valence-electron chi connectivity index (χ1n) is 4.73. The first-order chi connectivity index (χ1) is 7.06. The lowest BCUT2D eigenvalue weighted by Crippen LogP contribution is -2.04. The van der Waals surface area contributed by atoms with Crippen molar-refractivity contribution in [1.29, 1.82) is 0 Å². The highest BCUT2D eigenvalue weighted by molar-refractivity contribution is 8.17. The third-order valence-electron chi connectivity index (χ3n) is 1.57. The van der Waals surface area contributed by atoms with Gasteiger partial charge >= 0.3 is 11.9 Å². The van der Waals surface area contributed by atoms with Gasteiger partial charge in [0.05, 0.1) is 12.8 Å². The monoisotopic (exact) mass is 252 g/mol. The van der Waals surface area contributed by atoms with E-state index < -0.39 is 11.9 Å². The van der Waals surface area contributed by atoms with Crippen molar-refractivity contribution >= 4 is 35.5 Å². The topological polar surface area (TPSA) is 74.6 Å². The molecule has 0 rings (SSSR count). The maximum absolute atomic E-state index is 10.3. The number of thioether (sulfide) groups is 2. The molecule has 0 saturated heterocycles. The summed E-state index contributed by atoms with van der Waals surface area (Å²) in [5.74, 6) is -0.386. The highest BCUT2D eigenvalue weighted by atomic mass is 32.2. The Kier molecular flexibility index (Phi) is 8.70. The fraction of sp³-hybridized carbons (Fsp3) is 0.778. The summed E-state index contributed by atoms with van der Waals surface area (Å²) in [5, 5.41) is 16.9. The van der Waals surface area contributed by atoms with Gasteiger partial charge in [0.15, 0.2) is 0 Å². The van der Waals surface area contributed by atoms with Crippen molar-refractivity contribution in [3.05, 3.63) is 0 Å². The van der Waals surface area contributed by atoms with E-state index in [1.165, 1.54) is 0 Å². The van der Waals surface area contributed by atoms with Crippen LogP contribution in [-0.2, 0) is 9.59 Å². The number of aliphatic carboxylic acids is 2. The van der Waals surface area contributed by atoms with Gasteiger partial charge in [0.2, 0.25) is 0 Å². The van der Waals surface area contributed by atoms with Crippen molar-refractivity contribution in [1.82, 2.24) is 0 Å². The van der Waals surface area contributed by atoms with Crippen LogP contribution in [0.2, 0.25) is 0 Å². The fourth-order valence-corrected chi connectivity index (χ4v) is 3.38. The molecule has 0 heterocycles.